The van der Waals surface area contributed by atoms with Crippen LogP contribution in [-0.4, -0.2) is 34.8 Å². The van der Waals surface area contributed by atoms with Crippen LogP contribution in [0.3, 0.4) is 0 Å². The Morgan fingerprint density at radius 3 is 2.48 bits per heavy atom. The zero-order valence-electron chi connectivity index (χ0n) is 11.8. The van der Waals surface area contributed by atoms with Gasteiger partial charge in [-0.3, -0.25) is 10.1 Å². The van der Waals surface area contributed by atoms with Crippen LogP contribution in [0.4, 0.5) is 11.4 Å². The van der Waals surface area contributed by atoms with E-state index in [1.807, 2.05) is 0 Å². The second-order valence-electron chi connectivity index (χ2n) is 4.24. The lowest BCUT2D eigenvalue weighted by Gasteiger charge is -2.04. The van der Waals surface area contributed by atoms with E-state index in [2.05, 4.69) is 15.2 Å². The number of ether oxygens (including phenoxy) is 1. The fourth-order valence-electron chi connectivity index (χ4n) is 2.01. The van der Waals surface area contributed by atoms with Crippen LogP contribution in [0.25, 0.3) is 5.69 Å². The first kappa shape index (κ1) is 14.5. The number of benzene rings is 1. The minimum absolute atomic E-state index is 0.00871. The van der Waals surface area contributed by atoms with Crippen molar-refractivity contribution < 1.29 is 14.5 Å². The smallest absolute Gasteiger partial charge is 0.360 e. The molecule has 2 aromatic rings. The molecule has 0 unspecified atom stereocenters. The van der Waals surface area contributed by atoms with Gasteiger partial charge in [0.2, 0.25) is 0 Å². The molecule has 1 aromatic carbocycles. The number of methoxy groups -OCH3 is 1. The molecular weight excluding hydrogens is 276 g/mol. The summed E-state index contributed by atoms with van der Waals surface area (Å²) >= 11 is 0. The fourth-order valence-corrected chi connectivity index (χ4v) is 2.01. The number of carbonyl (C=O) groups excluding carboxylic acids is 1. The van der Waals surface area contributed by atoms with E-state index in [-0.39, 0.29) is 11.4 Å². The van der Waals surface area contributed by atoms with E-state index in [4.69, 9.17) is 0 Å². The monoisotopic (exact) mass is 290 g/mol. The van der Waals surface area contributed by atoms with Crippen molar-refractivity contribution in [2.24, 2.45) is 0 Å². The van der Waals surface area contributed by atoms with Crippen molar-refractivity contribution >= 4 is 17.3 Å². The molecule has 1 aromatic heterocycles. The Balaban J connectivity index is 2.51. The van der Waals surface area contributed by atoms with E-state index < -0.39 is 10.9 Å². The van der Waals surface area contributed by atoms with E-state index in [0.717, 1.165) is 0 Å². The maximum Gasteiger partial charge on any atom is 0.360 e. The van der Waals surface area contributed by atoms with Crippen molar-refractivity contribution in [2.45, 2.75) is 6.92 Å². The lowest BCUT2D eigenvalue weighted by molar-refractivity contribution is -0.384. The van der Waals surface area contributed by atoms with Gasteiger partial charge in [-0.15, -0.1) is 0 Å². The summed E-state index contributed by atoms with van der Waals surface area (Å²) in [6, 6.07) is 5.90. The van der Waals surface area contributed by atoms with Crippen LogP contribution in [0.2, 0.25) is 0 Å². The Hall–Kier alpha value is -2.90. The summed E-state index contributed by atoms with van der Waals surface area (Å²) in [7, 11) is 2.96. The molecule has 1 heterocycles. The van der Waals surface area contributed by atoms with E-state index in [0.29, 0.717) is 17.1 Å². The summed E-state index contributed by atoms with van der Waals surface area (Å²) in [6.45, 7) is 1.78. The Morgan fingerprint density at radius 2 is 2.00 bits per heavy atom. The average Bonchev–Trinajstić information content (AvgIpc) is 2.83. The molecule has 0 fully saturated rings. The summed E-state index contributed by atoms with van der Waals surface area (Å²) in [5, 5.41) is 17.8. The molecule has 0 bridgehead atoms. The molecule has 8 nitrogen and oxygen atoms in total. The highest BCUT2D eigenvalue weighted by atomic mass is 16.6. The van der Waals surface area contributed by atoms with Crippen LogP contribution in [0, 0.1) is 17.0 Å². The predicted octanol–water partition coefficient (Wildman–Crippen LogP) is 1.92. The second kappa shape index (κ2) is 5.61. The van der Waals surface area contributed by atoms with Crippen molar-refractivity contribution in [3.63, 3.8) is 0 Å². The molecule has 0 radical (unpaired) electrons. The molecular formula is C13H14N4O4. The van der Waals surface area contributed by atoms with E-state index in [9.17, 15) is 14.9 Å². The van der Waals surface area contributed by atoms with Crippen LogP contribution < -0.4 is 5.32 Å². The number of nitrogens with zero attached hydrogens (tertiary/aromatic N) is 3. The molecule has 2 rings (SSSR count). The first-order valence-corrected chi connectivity index (χ1v) is 6.10. The molecule has 0 saturated heterocycles. The van der Waals surface area contributed by atoms with Gasteiger partial charge >= 0.3 is 5.97 Å². The van der Waals surface area contributed by atoms with E-state index >= 15 is 0 Å². The molecule has 0 spiro atoms. The predicted molar refractivity (Wildman–Crippen MR) is 75.8 cm³/mol. The number of non-ortho nitro benzene ring substituents is 1. The molecule has 0 aliphatic heterocycles. The number of anilines is 1. The minimum Gasteiger partial charge on any atom is -0.464 e. The number of carbonyl (C=O) groups is 1. The third kappa shape index (κ3) is 2.55. The zero-order valence-corrected chi connectivity index (χ0v) is 11.8. The summed E-state index contributed by atoms with van der Waals surface area (Å²) in [4.78, 5) is 21.9. The van der Waals surface area contributed by atoms with Crippen molar-refractivity contribution in [3.05, 3.63) is 45.8 Å². The molecule has 1 N–H and O–H groups in total. The zero-order chi connectivity index (χ0) is 15.6. The number of rotatable bonds is 4. The summed E-state index contributed by atoms with van der Waals surface area (Å²) < 4.78 is 6.22. The van der Waals surface area contributed by atoms with Gasteiger partial charge in [0.1, 0.15) is 0 Å². The maximum atomic E-state index is 11.7. The van der Waals surface area contributed by atoms with Gasteiger partial charge in [-0.25, -0.2) is 9.48 Å². The largest absolute Gasteiger partial charge is 0.464 e. The standard InChI is InChI=1S/C13H14N4O4/c1-8-11(14-2)12(13(18)21-3)15-16(8)9-4-6-10(7-5-9)17(19)20/h4-7,14H,1-3H3. The number of nitro groups is 1. The van der Waals surface area contributed by atoms with Crippen LogP contribution in [0.1, 0.15) is 16.2 Å². The Morgan fingerprint density at radius 1 is 1.38 bits per heavy atom. The fraction of sp³-hybridized carbons (Fsp3) is 0.231. The third-order valence-corrected chi connectivity index (χ3v) is 3.05. The van der Waals surface area contributed by atoms with Crippen LogP contribution in [0.15, 0.2) is 24.3 Å². The summed E-state index contributed by atoms with van der Waals surface area (Å²) in [5.41, 5.74) is 2.03. The molecule has 8 heteroatoms. The number of hydrogen-bond donors (Lipinski definition) is 1. The molecule has 0 atom stereocenters. The highest BCUT2D eigenvalue weighted by Gasteiger charge is 2.21. The van der Waals surface area contributed by atoms with Gasteiger partial charge in [-0.2, -0.15) is 5.10 Å². The lowest BCUT2D eigenvalue weighted by Crippen LogP contribution is -2.06. The first-order chi connectivity index (χ1) is 9.99. The Bertz CT molecular complexity index is 691. The van der Waals surface area contributed by atoms with Gasteiger partial charge in [0.15, 0.2) is 5.69 Å². The normalized spacial score (nSPS) is 10.2. The number of aromatic nitrogens is 2. The first-order valence-electron chi connectivity index (χ1n) is 6.10. The summed E-state index contributed by atoms with van der Waals surface area (Å²) in [5.74, 6) is -0.553. The molecule has 110 valence electrons. The van der Waals surface area contributed by atoms with Gasteiger partial charge in [-0.05, 0) is 19.1 Å². The van der Waals surface area contributed by atoms with Gasteiger partial charge in [0, 0.05) is 19.2 Å². The Kier molecular flexibility index (Phi) is 3.88. The molecule has 0 aliphatic carbocycles. The highest BCUT2D eigenvalue weighted by molar-refractivity contribution is 5.94. The third-order valence-electron chi connectivity index (χ3n) is 3.05. The maximum absolute atomic E-state index is 11.7. The molecule has 21 heavy (non-hydrogen) atoms. The van der Waals surface area contributed by atoms with E-state index in [1.165, 1.54) is 23.9 Å². The number of nitrogens with one attached hydrogen (secondary N) is 1. The van der Waals surface area contributed by atoms with Crippen LogP contribution in [0.5, 0.6) is 0 Å². The lowest BCUT2D eigenvalue weighted by atomic mass is 10.2. The number of esters is 1. The SMILES string of the molecule is CNc1c(C(=O)OC)nn(-c2ccc([N+](=O)[O-])cc2)c1C. The number of nitro benzene ring substituents is 1. The van der Waals surface area contributed by atoms with Crippen molar-refractivity contribution in [3.8, 4) is 5.69 Å². The topological polar surface area (TPSA) is 99.3 Å². The van der Waals surface area contributed by atoms with E-state index in [1.54, 1.807) is 26.1 Å². The van der Waals surface area contributed by atoms with Gasteiger partial charge in [0.25, 0.3) is 5.69 Å². The van der Waals surface area contributed by atoms with Crippen molar-refractivity contribution in [1.82, 2.24) is 9.78 Å². The quantitative estimate of drug-likeness (QED) is 0.524. The second-order valence-corrected chi connectivity index (χ2v) is 4.24. The highest BCUT2D eigenvalue weighted by Crippen LogP contribution is 2.24. The van der Waals surface area contributed by atoms with Crippen LogP contribution in [-0.2, 0) is 4.74 Å². The molecule has 0 saturated carbocycles. The summed E-state index contributed by atoms with van der Waals surface area (Å²) in [6.07, 6.45) is 0. The van der Waals surface area contributed by atoms with Crippen molar-refractivity contribution in [2.75, 3.05) is 19.5 Å². The van der Waals surface area contributed by atoms with Gasteiger partial charge < -0.3 is 10.1 Å². The minimum atomic E-state index is -0.553. The van der Waals surface area contributed by atoms with Gasteiger partial charge in [-0.1, -0.05) is 0 Å². The van der Waals surface area contributed by atoms with Crippen molar-refractivity contribution in [1.29, 1.82) is 0 Å². The molecule has 0 aliphatic rings. The van der Waals surface area contributed by atoms with Crippen LogP contribution >= 0.6 is 0 Å². The Labute approximate surface area is 120 Å². The average molecular weight is 290 g/mol. The molecule has 0 amide bonds. The number of hydrogen-bond acceptors (Lipinski definition) is 6. The van der Waals surface area contributed by atoms with Gasteiger partial charge in [0.05, 0.1) is 29.1 Å².